The minimum atomic E-state index is -0.284. The first-order valence-electron chi connectivity index (χ1n) is 8.21. The minimum Gasteiger partial charge on any atom is -0.368 e. The molecule has 4 nitrogen and oxygen atoms in total. The van der Waals surface area contributed by atoms with Gasteiger partial charge in [-0.05, 0) is 42.3 Å². The van der Waals surface area contributed by atoms with E-state index in [0.717, 1.165) is 18.7 Å². The van der Waals surface area contributed by atoms with Gasteiger partial charge in [0.2, 0.25) is 0 Å². The number of amides is 2. The van der Waals surface area contributed by atoms with Gasteiger partial charge in [0.15, 0.2) is 0 Å². The van der Waals surface area contributed by atoms with Crippen LogP contribution in [0.2, 0.25) is 0 Å². The summed E-state index contributed by atoms with van der Waals surface area (Å²) >= 11 is 0. The van der Waals surface area contributed by atoms with E-state index in [1.54, 1.807) is 12.1 Å². The standard InChI is InChI=1S/C19H22FN3O/c1-15-4-2-7-18(12-15)22-8-10-23(11-9-22)19(24)21-14-16-5-3-6-17(20)13-16/h2-7,12-13H,8-11,14H2,1H3,(H,21,24). The van der Waals surface area contributed by atoms with Crippen LogP contribution >= 0.6 is 0 Å². The average Bonchev–Trinajstić information content (AvgIpc) is 2.60. The van der Waals surface area contributed by atoms with Gasteiger partial charge < -0.3 is 15.1 Å². The van der Waals surface area contributed by atoms with E-state index < -0.39 is 0 Å². The second kappa shape index (κ2) is 7.34. The summed E-state index contributed by atoms with van der Waals surface area (Å²) in [6, 6.07) is 14.6. The molecule has 5 heteroatoms. The lowest BCUT2D eigenvalue weighted by atomic mass is 10.2. The molecule has 0 radical (unpaired) electrons. The van der Waals surface area contributed by atoms with Crippen molar-refractivity contribution >= 4 is 11.7 Å². The van der Waals surface area contributed by atoms with Crippen molar-refractivity contribution < 1.29 is 9.18 Å². The number of nitrogens with zero attached hydrogens (tertiary/aromatic N) is 2. The summed E-state index contributed by atoms with van der Waals surface area (Å²) < 4.78 is 13.2. The Hall–Kier alpha value is -2.56. The van der Waals surface area contributed by atoms with Crippen LogP contribution in [0.4, 0.5) is 14.9 Å². The van der Waals surface area contributed by atoms with Crippen LogP contribution in [0.1, 0.15) is 11.1 Å². The van der Waals surface area contributed by atoms with Gasteiger partial charge in [-0.15, -0.1) is 0 Å². The zero-order chi connectivity index (χ0) is 16.9. The van der Waals surface area contributed by atoms with Crippen LogP contribution in [0.25, 0.3) is 0 Å². The molecule has 0 spiro atoms. The third-order valence-electron chi connectivity index (χ3n) is 4.27. The predicted octanol–water partition coefficient (Wildman–Crippen LogP) is 3.17. The lowest BCUT2D eigenvalue weighted by Gasteiger charge is -2.36. The smallest absolute Gasteiger partial charge is 0.317 e. The van der Waals surface area contributed by atoms with Gasteiger partial charge in [0.25, 0.3) is 0 Å². The maximum atomic E-state index is 13.2. The highest BCUT2D eigenvalue weighted by molar-refractivity contribution is 5.74. The number of urea groups is 1. The molecular weight excluding hydrogens is 305 g/mol. The molecule has 2 aromatic carbocycles. The number of rotatable bonds is 3. The summed E-state index contributed by atoms with van der Waals surface area (Å²) in [6.07, 6.45) is 0. The number of piperazine rings is 1. The quantitative estimate of drug-likeness (QED) is 0.940. The van der Waals surface area contributed by atoms with Crippen molar-refractivity contribution in [2.45, 2.75) is 13.5 Å². The number of carbonyl (C=O) groups is 1. The molecule has 126 valence electrons. The zero-order valence-electron chi connectivity index (χ0n) is 13.8. The van der Waals surface area contributed by atoms with Crippen molar-refractivity contribution in [3.8, 4) is 0 Å². The molecule has 0 bridgehead atoms. The average molecular weight is 327 g/mol. The Morgan fingerprint density at radius 2 is 1.83 bits per heavy atom. The third kappa shape index (κ3) is 4.04. The number of nitrogens with one attached hydrogen (secondary N) is 1. The second-order valence-electron chi connectivity index (χ2n) is 6.10. The van der Waals surface area contributed by atoms with Gasteiger partial charge in [-0.3, -0.25) is 0 Å². The molecule has 2 aromatic rings. The molecule has 1 heterocycles. The van der Waals surface area contributed by atoms with Crippen LogP contribution < -0.4 is 10.2 Å². The summed E-state index contributed by atoms with van der Waals surface area (Å²) in [5.74, 6) is -0.284. The van der Waals surface area contributed by atoms with Gasteiger partial charge >= 0.3 is 6.03 Å². The molecule has 24 heavy (non-hydrogen) atoms. The highest BCUT2D eigenvalue weighted by atomic mass is 19.1. The van der Waals surface area contributed by atoms with Gasteiger partial charge in [0, 0.05) is 38.4 Å². The Morgan fingerprint density at radius 1 is 1.08 bits per heavy atom. The van der Waals surface area contributed by atoms with Crippen molar-refractivity contribution in [2.75, 3.05) is 31.1 Å². The molecule has 3 rings (SSSR count). The molecule has 1 fully saturated rings. The molecule has 1 saturated heterocycles. The van der Waals surface area contributed by atoms with Crippen molar-refractivity contribution in [1.29, 1.82) is 0 Å². The largest absolute Gasteiger partial charge is 0.368 e. The third-order valence-corrected chi connectivity index (χ3v) is 4.27. The van der Waals surface area contributed by atoms with E-state index in [-0.39, 0.29) is 11.8 Å². The molecule has 2 amide bonds. The molecule has 0 saturated carbocycles. The second-order valence-corrected chi connectivity index (χ2v) is 6.10. The lowest BCUT2D eigenvalue weighted by Crippen LogP contribution is -2.51. The normalized spacial score (nSPS) is 14.6. The monoisotopic (exact) mass is 327 g/mol. The molecule has 1 aliphatic heterocycles. The molecule has 0 aromatic heterocycles. The fourth-order valence-electron chi connectivity index (χ4n) is 2.93. The molecule has 1 N–H and O–H groups in total. The SMILES string of the molecule is Cc1cccc(N2CCN(C(=O)NCc3cccc(F)c3)CC2)c1. The van der Waals surface area contributed by atoms with Gasteiger partial charge in [-0.1, -0.05) is 24.3 Å². The Morgan fingerprint density at radius 3 is 2.54 bits per heavy atom. The topological polar surface area (TPSA) is 35.6 Å². The summed E-state index contributed by atoms with van der Waals surface area (Å²) in [5.41, 5.74) is 3.21. The Balaban J connectivity index is 1.50. The van der Waals surface area contributed by atoms with Crippen molar-refractivity contribution in [3.05, 3.63) is 65.5 Å². The molecule has 0 unspecified atom stereocenters. The van der Waals surface area contributed by atoms with Crippen molar-refractivity contribution in [3.63, 3.8) is 0 Å². The first-order valence-corrected chi connectivity index (χ1v) is 8.21. The van der Waals surface area contributed by atoms with Gasteiger partial charge in [0.05, 0.1) is 0 Å². The van der Waals surface area contributed by atoms with Crippen molar-refractivity contribution in [2.24, 2.45) is 0 Å². The molecule has 1 aliphatic rings. The van der Waals surface area contributed by atoms with Crippen LogP contribution in [0.15, 0.2) is 48.5 Å². The van der Waals surface area contributed by atoms with E-state index >= 15 is 0 Å². The first-order chi connectivity index (χ1) is 11.6. The maximum absolute atomic E-state index is 13.2. The van der Waals surface area contributed by atoms with Crippen LogP contribution in [0.5, 0.6) is 0 Å². The fraction of sp³-hybridized carbons (Fsp3) is 0.316. The minimum absolute atomic E-state index is 0.0943. The van der Waals surface area contributed by atoms with Crippen molar-refractivity contribution in [1.82, 2.24) is 10.2 Å². The van der Waals surface area contributed by atoms with E-state index in [1.807, 2.05) is 4.90 Å². The number of aryl methyl sites for hydroxylation is 1. The number of hydrogen-bond donors (Lipinski definition) is 1. The Labute approximate surface area is 141 Å². The fourth-order valence-corrected chi connectivity index (χ4v) is 2.93. The van der Waals surface area contributed by atoms with E-state index in [1.165, 1.54) is 23.4 Å². The predicted molar refractivity (Wildman–Crippen MR) is 93.6 cm³/mol. The number of hydrogen-bond acceptors (Lipinski definition) is 2. The van der Waals surface area contributed by atoms with E-state index in [4.69, 9.17) is 0 Å². The number of anilines is 1. The van der Waals surface area contributed by atoms with E-state index in [0.29, 0.717) is 19.6 Å². The maximum Gasteiger partial charge on any atom is 0.317 e. The number of benzene rings is 2. The van der Waals surface area contributed by atoms with Crippen LogP contribution in [0, 0.1) is 12.7 Å². The van der Waals surface area contributed by atoms with Gasteiger partial charge in [0.1, 0.15) is 5.82 Å². The molecule has 0 aliphatic carbocycles. The van der Waals surface area contributed by atoms with E-state index in [2.05, 4.69) is 41.4 Å². The molecular formula is C19H22FN3O. The van der Waals surface area contributed by atoms with Crippen LogP contribution in [-0.4, -0.2) is 37.1 Å². The Bertz CT molecular complexity index is 711. The van der Waals surface area contributed by atoms with Crippen LogP contribution in [-0.2, 0) is 6.54 Å². The summed E-state index contributed by atoms with van der Waals surface area (Å²) in [7, 11) is 0. The highest BCUT2D eigenvalue weighted by Crippen LogP contribution is 2.17. The summed E-state index contributed by atoms with van der Waals surface area (Å²) in [4.78, 5) is 16.4. The molecule has 0 atom stereocenters. The summed E-state index contributed by atoms with van der Waals surface area (Å²) in [5, 5.41) is 2.86. The lowest BCUT2D eigenvalue weighted by molar-refractivity contribution is 0.194. The van der Waals surface area contributed by atoms with Gasteiger partial charge in [-0.2, -0.15) is 0 Å². The van der Waals surface area contributed by atoms with Gasteiger partial charge in [-0.25, -0.2) is 9.18 Å². The van der Waals surface area contributed by atoms with Crippen LogP contribution in [0.3, 0.4) is 0 Å². The summed E-state index contributed by atoms with van der Waals surface area (Å²) in [6.45, 7) is 5.42. The first kappa shape index (κ1) is 16.3. The number of carbonyl (C=O) groups excluding carboxylic acids is 1. The zero-order valence-corrected chi connectivity index (χ0v) is 13.8. The Kier molecular flexibility index (Phi) is 4.99. The number of halogens is 1. The van der Waals surface area contributed by atoms with E-state index in [9.17, 15) is 9.18 Å². The highest BCUT2D eigenvalue weighted by Gasteiger charge is 2.21.